The van der Waals surface area contributed by atoms with Crippen molar-refractivity contribution in [2.24, 2.45) is 5.92 Å². The minimum absolute atomic E-state index is 0.0106. The standard InChI is InChI=1S/C13H24N4O2/c1-10(2)6-12(13(19)14-3)15-7-11-8-16-17(9-11)4-5-18/h8-10,12,15,18H,4-7H2,1-3H3,(H,14,19). The topological polar surface area (TPSA) is 79.2 Å². The van der Waals surface area contributed by atoms with E-state index in [2.05, 4.69) is 29.6 Å². The van der Waals surface area contributed by atoms with Gasteiger partial charge in [0.15, 0.2) is 0 Å². The summed E-state index contributed by atoms with van der Waals surface area (Å²) in [4.78, 5) is 11.7. The monoisotopic (exact) mass is 268 g/mol. The van der Waals surface area contributed by atoms with E-state index in [9.17, 15) is 4.79 Å². The molecule has 0 saturated heterocycles. The van der Waals surface area contributed by atoms with E-state index >= 15 is 0 Å². The van der Waals surface area contributed by atoms with Gasteiger partial charge in [0.05, 0.1) is 25.4 Å². The summed E-state index contributed by atoms with van der Waals surface area (Å²) in [6.45, 7) is 5.34. The van der Waals surface area contributed by atoms with Crippen molar-refractivity contribution >= 4 is 5.91 Å². The summed E-state index contributed by atoms with van der Waals surface area (Å²) < 4.78 is 1.69. The SMILES string of the molecule is CNC(=O)C(CC(C)C)NCc1cnn(CCO)c1. The second kappa shape index (κ2) is 7.91. The number of aliphatic hydroxyl groups excluding tert-OH is 1. The third-order valence-corrected chi connectivity index (χ3v) is 2.84. The maximum atomic E-state index is 11.7. The van der Waals surface area contributed by atoms with Crippen molar-refractivity contribution in [3.05, 3.63) is 18.0 Å². The lowest BCUT2D eigenvalue weighted by atomic mass is 10.0. The van der Waals surface area contributed by atoms with E-state index in [-0.39, 0.29) is 18.6 Å². The summed E-state index contributed by atoms with van der Waals surface area (Å²) in [6, 6.07) is -0.189. The predicted molar refractivity (Wildman–Crippen MR) is 73.5 cm³/mol. The van der Waals surface area contributed by atoms with Crippen molar-refractivity contribution < 1.29 is 9.90 Å². The van der Waals surface area contributed by atoms with Crippen LogP contribution in [0.15, 0.2) is 12.4 Å². The summed E-state index contributed by atoms with van der Waals surface area (Å²) in [5.41, 5.74) is 1.01. The number of aliphatic hydroxyl groups is 1. The molecular weight excluding hydrogens is 244 g/mol. The molecule has 1 atom stereocenters. The first kappa shape index (κ1) is 15.7. The largest absolute Gasteiger partial charge is 0.394 e. The molecule has 0 aliphatic heterocycles. The fraction of sp³-hybridized carbons (Fsp3) is 0.692. The van der Waals surface area contributed by atoms with Gasteiger partial charge in [0.1, 0.15) is 0 Å². The molecule has 0 bridgehead atoms. The molecule has 6 heteroatoms. The number of hydrogen-bond donors (Lipinski definition) is 3. The minimum Gasteiger partial charge on any atom is -0.394 e. The van der Waals surface area contributed by atoms with E-state index in [4.69, 9.17) is 5.11 Å². The molecule has 0 radical (unpaired) electrons. The van der Waals surface area contributed by atoms with Crippen molar-refractivity contribution in [3.8, 4) is 0 Å². The van der Waals surface area contributed by atoms with Gasteiger partial charge in [-0.15, -0.1) is 0 Å². The molecule has 1 aromatic heterocycles. The van der Waals surface area contributed by atoms with Crippen LogP contribution >= 0.6 is 0 Å². The van der Waals surface area contributed by atoms with Gasteiger partial charge in [-0.05, 0) is 12.3 Å². The molecule has 0 aromatic carbocycles. The summed E-state index contributed by atoms with van der Waals surface area (Å²) >= 11 is 0. The molecule has 0 spiro atoms. The van der Waals surface area contributed by atoms with Crippen molar-refractivity contribution in [2.75, 3.05) is 13.7 Å². The number of carbonyl (C=O) groups is 1. The van der Waals surface area contributed by atoms with E-state index in [0.717, 1.165) is 12.0 Å². The molecule has 0 aliphatic rings. The first-order chi connectivity index (χ1) is 9.06. The average molecular weight is 268 g/mol. The van der Waals surface area contributed by atoms with Crippen LogP contribution in [-0.2, 0) is 17.9 Å². The van der Waals surface area contributed by atoms with Crippen LogP contribution in [0.3, 0.4) is 0 Å². The Balaban J connectivity index is 2.52. The lowest BCUT2D eigenvalue weighted by Gasteiger charge is -2.18. The van der Waals surface area contributed by atoms with Crippen LogP contribution in [0.25, 0.3) is 0 Å². The minimum atomic E-state index is -0.189. The summed E-state index contributed by atoms with van der Waals surface area (Å²) in [6.07, 6.45) is 4.42. The second-order valence-electron chi connectivity index (χ2n) is 5.01. The van der Waals surface area contributed by atoms with E-state index in [1.54, 1.807) is 17.9 Å². The maximum Gasteiger partial charge on any atom is 0.236 e. The fourth-order valence-electron chi connectivity index (χ4n) is 1.89. The van der Waals surface area contributed by atoms with Crippen LogP contribution in [0.2, 0.25) is 0 Å². The van der Waals surface area contributed by atoms with Gasteiger partial charge in [-0.3, -0.25) is 9.48 Å². The number of hydrogen-bond acceptors (Lipinski definition) is 4. The molecule has 1 heterocycles. The zero-order valence-electron chi connectivity index (χ0n) is 11.9. The van der Waals surface area contributed by atoms with Crippen molar-refractivity contribution in [1.29, 1.82) is 0 Å². The highest BCUT2D eigenvalue weighted by Gasteiger charge is 2.17. The zero-order valence-corrected chi connectivity index (χ0v) is 11.9. The Kier molecular flexibility index (Phi) is 6.52. The fourth-order valence-corrected chi connectivity index (χ4v) is 1.89. The quantitative estimate of drug-likeness (QED) is 0.626. The van der Waals surface area contributed by atoms with Crippen molar-refractivity contribution in [3.63, 3.8) is 0 Å². The lowest BCUT2D eigenvalue weighted by molar-refractivity contribution is -0.123. The third-order valence-electron chi connectivity index (χ3n) is 2.84. The molecule has 0 saturated carbocycles. The van der Waals surface area contributed by atoms with Gasteiger partial charge in [0.25, 0.3) is 0 Å². The van der Waals surface area contributed by atoms with E-state index in [1.807, 2.05) is 6.20 Å². The summed E-state index contributed by atoms with van der Waals surface area (Å²) in [5.74, 6) is 0.461. The molecule has 0 aliphatic carbocycles. The van der Waals surface area contributed by atoms with Crippen LogP contribution in [0.1, 0.15) is 25.8 Å². The molecule has 1 rings (SSSR count). The summed E-state index contributed by atoms with van der Waals surface area (Å²) in [7, 11) is 1.65. The molecule has 3 N–H and O–H groups in total. The van der Waals surface area contributed by atoms with Crippen molar-refractivity contribution in [2.45, 2.75) is 39.4 Å². The number of nitrogens with one attached hydrogen (secondary N) is 2. The van der Waals surface area contributed by atoms with E-state index in [0.29, 0.717) is 19.0 Å². The third kappa shape index (κ3) is 5.40. The second-order valence-corrected chi connectivity index (χ2v) is 5.01. The predicted octanol–water partition coefficient (Wildman–Crippen LogP) is 0.126. The van der Waals surface area contributed by atoms with Gasteiger partial charge in [-0.25, -0.2) is 0 Å². The van der Waals surface area contributed by atoms with Gasteiger partial charge in [0.2, 0.25) is 5.91 Å². The highest BCUT2D eigenvalue weighted by molar-refractivity contribution is 5.81. The Hall–Kier alpha value is -1.40. The van der Waals surface area contributed by atoms with Gasteiger partial charge in [-0.1, -0.05) is 13.8 Å². The van der Waals surface area contributed by atoms with E-state index < -0.39 is 0 Å². The van der Waals surface area contributed by atoms with Crippen LogP contribution < -0.4 is 10.6 Å². The number of nitrogens with zero attached hydrogens (tertiary/aromatic N) is 2. The van der Waals surface area contributed by atoms with Crippen LogP contribution in [0, 0.1) is 5.92 Å². The Morgan fingerprint density at radius 3 is 2.84 bits per heavy atom. The Morgan fingerprint density at radius 2 is 2.26 bits per heavy atom. The normalized spacial score (nSPS) is 12.7. The van der Waals surface area contributed by atoms with Gasteiger partial charge in [0, 0.05) is 25.4 Å². The van der Waals surface area contributed by atoms with Crippen LogP contribution in [0.4, 0.5) is 0 Å². The van der Waals surface area contributed by atoms with E-state index in [1.165, 1.54) is 0 Å². The molecule has 19 heavy (non-hydrogen) atoms. The maximum absolute atomic E-state index is 11.7. The number of amides is 1. The lowest BCUT2D eigenvalue weighted by Crippen LogP contribution is -2.43. The Bertz CT molecular complexity index is 390. The first-order valence-electron chi connectivity index (χ1n) is 6.64. The number of rotatable bonds is 8. The van der Waals surface area contributed by atoms with Gasteiger partial charge < -0.3 is 15.7 Å². The first-order valence-corrected chi connectivity index (χ1v) is 6.64. The Labute approximate surface area is 114 Å². The number of carbonyl (C=O) groups excluding carboxylic acids is 1. The van der Waals surface area contributed by atoms with Gasteiger partial charge in [-0.2, -0.15) is 5.10 Å². The molecule has 1 aromatic rings. The van der Waals surface area contributed by atoms with Crippen LogP contribution in [-0.4, -0.2) is 40.5 Å². The van der Waals surface area contributed by atoms with Gasteiger partial charge >= 0.3 is 0 Å². The Morgan fingerprint density at radius 1 is 1.53 bits per heavy atom. The number of aromatic nitrogens is 2. The molecule has 108 valence electrons. The zero-order chi connectivity index (χ0) is 14.3. The smallest absolute Gasteiger partial charge is 0.236 e. The molecule has 0 fully saturated rings. The highest BCUT2D eigenvalue weighted by atomic mass is 16.3. The van der Waals surface area contributed by atoms with Crippen molar-refractivity contribution in [1.82, 2.24) is 20.4 Å². The molecule has 6 nitrogen and oxygen atoms in total. The molecule has 1 amide bonds. The highest BCUT2D eigenvalue weighted by Crippen LogP contribution is 2.06. The number of likely N-dealkylation sites (N-methyl/N-ethyl adjacent to an activating group) is 1. The molecular formula is C13H24N4O2. The summed E-state index contributed by atoms with van der Waals surface area (Å²) in [5, 5.41) is 18.9. The van der Waals surface area contributed by atoms with Crippen LogP contribution in [0.5, 0.6) is 0 Å². The molecule has 1 unspecified atom stereocenters. The average Bonchev–Trinajstić information content (AvgIpc) is 2.81.